The highest BCUT2D eigenvalue weighted by atomic mass is 16.5. The molecule has 2 heterocycles. The third-order valence-electron chi connectivity index (χ3n) is 2.55. The maximum Gasteiger partial charge on any atom is 0.303 e. The molecule has 0 aliphatic heterocycles. The number of ether oxygens (including phenoxy) is 1. The van der Waals surface area contributed by atoms with Crippen molar-refractivity contribution < 1.29 is 14.3 Å². The van der Waals surface area contributed by atoms with E-state index in [-0.39, 0.29) is 18.0 Å². The van der Waals surface area contributed by atoms with Gasteiger partial charge in [-0.25, -0.2) is 9.97 Å². The molecule has 0 aliphatic carbocycles. The van der Waals surface area contributed by atoms with Crippen LogP contribution in [0.1, 0.15) is 42.5 Å². The Morgan fingerprint density at radius 3 is 2.43 bits per heavy atom. The molecule has 0 aliphatic rings. The van der Waals surface area contributed by atoms with Crippen LogP contribution in [0.2, 0.25) is 0 Å². The zero-order valence-corrected chi connectivity index (χ0v) is 13.7. The quantitative estimate of drug-likeness (QED) is 0.871. The summed E-state index contributed by atoms with van der Waals surface area (Å²) < 4.78 is 4.85. The SMILES string of the molecule is CC.CC(=O)OCc1nccnc1C(=O)Nc1ccc(C)cn1. The van der Waals surface area contributed by atoms with E-state index in [4.69, 9.17) is 4.74 Å². The van der Waals surface area contributed by atoms with Gasteiger partial charge in [-0.3, -0.25) is 14.6 Å². The normalized spacial score (nSPS) is 9.39. The van der Waals surface area contributed by atoms with Gasteiger partial charge in [0.05, 0.1) is 0 Å². The van der Waals surface area contributed by atoms with Gasteiger partial charge in [0.25, 0.3) is 5.91 Å². The van der Waals surface area contributed by atoms with Crippen LogP contribution in [-0.4, -0.2) is 26.8 Å². The number of nitrogens with one attached hydrogen (secondary N) is 1. The van der Waals surface area contributed by atoms with Crippen molar-refractivity contribution in [2.24, 2.45) is 0 Å². The second-order valence-electron chi connectivity index (χ2n) is 4.31. The predicted molar refractivity (Wildman–Crippen MR) is 85.8 cm³/mol. The Bertz CT molecular complexity index is 657. The van der Waals surface area contributed by atoms with Gasteiger partial charge in [0.2, 0.25) is 0 Å². The first kappa shape index (κ1) is 18.2. The molecular weight excluding hydrogens is 296 g/mol. The summed E-state index contributed by atoms with van der Waals surface area (Å²) in [6.45, 7) is 7.08. The van der Waals surface area contributed by atoms with E-state index in [1.54, 1.807) is 12.3 Å². The van der Waals surface area contributed by atoms with Crippen LogP contribution in [0.3, 0.4) is 0 Å². The zero-order chi connectivity index (χ0) is 17.2. The highest BCUT2D eigenvalue weighted by Gasteiger charge is 2.15. The largest absolute Gasteiger partial charge is 0.459 e. The van der Waals surface area contributed by atoms with Crippen LogP contribution >= 0.6 is 0 Å². The van der Waals surface area contributed by atoms with E-state index in [1.807, 2.05) is 26.8 Å². The lowest BCUT2D eigenvalue weighted by Gasteiger charge is -2.08. The minimum absolute atomic E-state index is 0.0983. The number of nitrogens with zero attached hydrogens (tertiary/aromatic N) is 3. The Kier molecular flexibility index (Phi) is 7.32. The number of carbonyl (C=O) groups excluding carboxylic acids is 2. The molecule has 0 fully saturated rings. The molecule has 0 atom stereocenters. The third kappa shape index (κ3) is 5.82. The van der Waals surface area contributed by atoms with Crippen molar-refractivity contribution in [2.45, 2.75) is 34.3 Å². The number of hydrogen-bond donors (Lipinski definition) is 1. The van der Waals surface area contributed by atoms with E-state index in [0.29, 0.717) is 5.82 Å². The highest BCUT2D eigenvalue weighted by molar-refractivity contribution is 6.03. The number of esters is 1. The summed E-state index contributed by atoms with van der Waals surface area (Å²) in [5.74, 6) is -0.497. The zero-order valence-electron chi connectivity index (χ0n) is 13.7. The molecule has 122 valence electrons. The Labute approximate surface area is 135 Å². The van der Waals surface area contributed by atoms with Crippen molar-refractivity contribution in [3.63, 3.8) is 0 Å². The maximum atomic E-state index is 12.2. The van der Waals surface area contributed by atoms with Crippen LogP contribution in [0.4, 0.5) is 5.82 Å². The van der Waals surface area contributed by atoms with Crippen molar-refractivity contribution in [3.05, 3.63) is 47.7 Å². The molecule has 2 aromatic heterocycles. The van der Waals surface area contributed by atoms with Gasteiger partial charge in [-0.1, -0.05) is 19.9 Å². The molecule has 23 heavy (non-hydrogen) atoms. The first-order chi connectivity index (χ1) is 11.1. The number of hydrogen-bond acceptors (Lipinski definition) is 6. The number of anilines is 1. The molecule has 0 bridgehead atoms. The third-order valence-corrected chi connectivity index (χ3v) is 2.55. The van der Waals surface area contributed by atoms with Crippen LogP contribution in [0.5, 0.6) is 0 Å². The lowest BCUT2D eigenvalue weighted by Crippen LogP contribution is -2.18. The fourth-order valence-electron chi connectivity index (χ4n) is 1.55. The number of aryl methyl sites for hydroxylation is 1. The topological polar surface area (TPSA) is 94.1 Å². The molecular formula is C16H20N4O3. The van der Waals surface area contributed by atoms with Crippen molar-refractivity contribution in [1.29, 1.82) is 0 Å². The Morgan fingerprint density at radius 1 is 1.13 bits per heavy atom. The minimum Gasteiger partial charge on any atom is -0.459 e. The average Bonchev–Trinajstić information content (AvgIpc) is 2.57. The molecule has 7 nitrogen and oxygen atoms in total. The van der Waals surface area contributed by atoms with Gasteiger partial charge in [0.15, 0.2) is 5.69 Å². The van der Waals surface area contributed by atoms with Crippen LogP contribution < -0.4 is 5.32 Å². The molecule has 0 unspecified atom stereocenters. The summed E-state index contributed by atoms with van der Waals surface area (Å²) in [4.78, 5) is 35.1. The van der Waals surface area contributed by atoms with Gasteiger partial charge in [0, 0.05) is 25.5 Å². The molecule has 2 rings (SSSR count). The number of amides is 1. The summed E-state index contributed by atoms with van der Waals surface area (Å²) in [5, 5.41) is 2.62. The van der Waals surface area contributed by atoms with Crippen molar-refractivity contribution >= 4 is 17.7 Å². The summed E-state index contributed by atoms with van der Waals surface area (Å²) in [6.07, 6.45) is 4.47. The molecule has 1 amide bonds. The van der Waals surface area contributed by atoms with E-state index < -0.39 is 11.9 Å². The van der Waals surface area contributed by atoms with E-state index in [0.717, 1.165) is 5.56 Å². The smallest absolute Gasteiger partial charge is 0.303 e. The molecule has 7 heteroatoms. The number of aromatic nitrogens is 3. The Morgan fingerprint density at radius 2 is 1.83 bits per heavy atom. The van der Waals surface area contributed by atoms with E-state index in [1.165, 1.54) is 19.3 Å². The second-order valence-corrected chi connectivity index (χ2v) is 4.31. The highest BCUT2D eigenvalue weighted by Crippen LogP contribution is 2.09. The van der Waals surface area contributed by atoms with Crippen molar-refractivity contribution in [1.82, 2.24) is 15.0 Å². The standard InChI is InChI=1S/C14H14N4O3.C2H6/c1-9-3-4-12(17-7-9)18-14(20)13-11(8-21-10(2)19)15-5-6-16-13;1-2/h3-7H,8H2,1-2H3,(H,17,18,20);1-2H3. The van der Waals surface area contributed by atoms with Crippen molar-refractivity contribution in [2.75, 3.05) is 5.32 Å². The Balaban J connectivity index is 0.00000127. The molecule has 0 aromatic carbocycles. The van der Waals surface area contributed by atoms with Crippen LogP contribution in [0.25, 0.3) is 0 Å². The molecule has 0 saturated carbocycles. The van der Waals surface area contributed by atoms with Gasteiger partial charge in [0.1, 0.15) is 18.1 Å². The predicted octanol–water partition coefficient (Wildman–Crippen LogP) is 2.52. The first-order valence-electron chi connectivity index (χ1n) is 7.23. The number of pyridine rings is 1. The van der Waals surface area contributed by atoms with Crippen LogP contribution in [0, 0.1) is 6.92 Å². The van der Waals surface area contributed by atoms with Gasteiger partial charge in [-0.2, -0.15) is 0 Å². The molecule has 0 spiro atoms. The van der Waals surface area contributed by atoms with Crippen LogP contribution in [-0.2, 0) is 16.1 Å². The summed E-state index contributed by atoms with van der Waals surface area (Å²) in [7, 11) is 0. The van der Waals surface area contributed by atoms with E-state index in [2.05, 4.69) is 20.3 Å². The van der Waals surface area contributed by atoms with Gasteiger partial charge < -0.3 is 10.1 Å². The van der Waals surface area contributed by atoms with Gasteiger partial charge in [-0.15, -0.1) is 0 Å². The second kappa shape index (κ2) is 9.24. The Hall–Kier alpha value is -2.83. The fraction of sp³-hybridized carbons (Fsp3) is 0.312. The summed E-state index contributed by atoms with van der Waals surface area (Å²) >= 11 is 0. The van der Waals surface area contributed by atoms with Crippen LogP contribution in [0.15, 0.2) is 30.7 Å². The van der Waals surface area contributed by atoms with E-state index >= 15 is 0 Å². The molecule has 2 aromatic rings. The number of carbonyl (C=O) groups is 2. The number of rotatable bonds is 4. The van der Waals surface area contributed by atoms with E-state index in [9.17, 15) is 9.59 Å². The van der Waals surface area contributed by atoms with Gasteiger partial charge in [-0.05, 0) is 18.6 Å². The molecule has 0 saturated heterocycles. The molecule has 0 radical (unpaired) electrons. The summed E-state index contributed by atoms with van der Waals surface area (Å²) in [5.41, 5.74) is 1.38. The minimum atomic E-state index is -0.457. The lowest BCUT2D eigenvalue weighted by molar-refractivity contribution is -0.142. The average molecular weight is 316 g/mol. The maximum absolute atomic E-state index is 12.2. The fourth-order valence-corrected chi connectivity index (χ4v) is 1.55. The monoisotopic (exact) mass is 316 g/mol. The van der Waals surface area contributed by atoms with Gasteiger partial charge >= 0.3 is 5.97 Å². The first-order valence-corrected chi connectivity index (χ1v) is 7.23. The lowest BCUT2D eigenvalue weighted by atomic mass is 10.3. The summed E-state index contributed by atoms with van der Waals surface area (Å²) in [6, 6.07) is 3.52. The van der Waals surface area contributed by atoms with Crippen molar-refractivity contribution in [3.8, 4) is 0 Å². The molecule has 1 N–H and O–H groups in total.